The van der Waals surface area contributed by atoms with Crippen LogP contribution in [0.25, 0.3) is 11.1 Å². The molecule has 0 saturated carbocycles. The Labute approximate surface area is 159 Å². The fourth-order valence-electron chi connectivity index (χ4n) is 4.37. The number of hydrogen-bond donors (Lipinski definition) is 0. The van der Waals surface area contributed by atoms with Gasteiger partial charge in [-0.2, -0.15) is 0 Å². The largest absolute Gasteiger partial charge is 0.311 e. The van der Waals surface area contributed by atoms with Crippen LogP contribution in [0.5, 0.6) is 0 Å². The lowest BCUT2D eigenvalue weighted by atomic mass is 9.97. The molecule has 0 unspecified atom stereocenters. The highest BCUT2D eigenvalue weighted by molar-refractivity contribution is 5.96. The van der Waals surface area contributed by atoms with Gasteiger partial charge >= 0.3 is 0 Å². The Morgan fingerprint density at radius 2 is 1.30 bits per heavy atom. The molecule has 0 fully saturated rings. The lowest BCUT2D eigenvalue weighted by molar-refractivity contribution is -0.119. The molecule has 0 aliphatic carbocycles. The third kappa shape index (κ3) is 2.94. The number of para-hydroxylation sites is 1. The van der Waals surface area contributed by atoms with Crippen LogP contribution in [-0.2, 0) is 24.3 Å². The first kappa shape index (κ1) is 16.3. The van der Waals surface area contributed by atoms with Crippen molar-refractivity contribution in [3.05, 3.63) is 89.5 Å². The number of nitrogens with zero attached hydrogens (tertiary/aromatic N) is 2. The molecule has 3 heteroatoms. The molecule has 2 aliphatic rings. The minimum Gasteiger partial charge on any atom is -0.311 e. The monoisotopic (exact) mass is 354 g/mol. The van der Waals surface area contributed by atoms with E-state index < -0.39 is 0 Å². The normalized spacial score (nSPS) is 15.6. The molecule has 2 aliphatic heterocycles. The molecule has 0 bridgehead atoms. The van der Waals surface area contributed by atoms with Crippen LogP contribution >= 0.6 is 0 Å². The molecule has 2 heterocycles. The Bertz CT molecular complexity index is 963. The van der Waals surface area contributed by atoms with Gasteiger partial charge in [-0.1, -0.05) is 66.7 Å². The number of carbonyl (C=O) groups is 1. The summed E-state index contributed by atoms with van der Waals surface area (Å²) in [5.74, 6) is 0.191. The van der Waals surface area contributed by atoms with E-state index in [1.807, 2.05) is 11.0 Å². The maximum Gasteiger partial charge on any atom is 0.241 e. The SMILES string of the molecule is O=C(CN1Cc2ccccc2-c2ccccc2C1)N1CCc2ccccc21. The smallest absolute Gasteiger partial charge is 0.241 e. The van der Waals surface area contributed by atoms with Crippen LogP contribution in [-0.4, -0.2) is 23.9 Å². The minimum absolute atomic E-state index is 0.191. The van der Waals surface area contributed by atoms with Gasteiger partial charge in [0, 0.05) is 25.3 Å². The highest BCUT2D eigenvalue weighted by Crippen LogP contribution is 2.33. The average Bonchev–Trinajstić information content (AvgIpc) is 3.06. The molecular formula is C24H22N2O. The molecule has 3 aromatic carbocycles. The number of carbonyl (C=O) groups excluding carboxylic acids is 1. The van der Waals surface area contributed by atoms with Crippen molar-refractivity contribution in [3.8, 4) is 11.1 Å². The van der Waals surface area contributed by atoms with E-state index in [-0.39, 0.29) is 5.91 Å². The average molecular weight is 354 g/mol. The third-order valence-electron chi connectivity index (χ3n) is 5.66. The predicted molar refractivity (Wildman–Crippen MR) is 108 cm³/mol. The number of benzene rings is 3. The van der Waals surface area contributed by atoms with Crippen LogP contribution in [0, 0.1) is 0 Å². The maximum atomic E-state index is 13.1. The van der Waals surface area contributed by atoms with Gasteiger partial charge in [0.25, 0.3) is 0 Å². The Hall–Kier alpha value is -2.91. The number of fused-ring (bicyclic) bond motifs is 4. The van der Waals surface area contributed by atoms with E-state index >= 15 is 0 Å². The number of rotatable bonds is 2. The summed E-state index contributed by atoms with van der Waals surface area (Å²) < 4.78 is 0. The van der Waals surface area contributed by atoms with Crippen LogP contribution in [0.15, 0.2) is 72.8 Å². The summed E-state index contributed by atoms with van der Waals surface area (Å²) in [6, 6.07) is 25.4. The Morgan fingerprint density at radius 3 is 1.96 bits per heavy atom. The third-order valence-corrected chi connectivity index (χ3v) is 5.66. The summed E-state index contributed by atoms with van der Waals surface area (Å²) in [5.41, 5.74) is 7.51. The van der Waals surface area contributed by atoms with Crippen molar-refractivity contribution in [1.82, 2.24) is 4.90 Å². The molecule has 5 rings (SSSR count). The van der Waals surface area contributed by atoms with Crippen molar-refractivity contribution in [2.24, 2.45) is 0 Å². The van der Waals surface area contributed by atoms with Crippen LogP contribution in [0.1, 0.15) is 16.7 Å². The molecule has 0 radical (unpaired) electrons. The second-order valence-electron chi connectivity index (χ2n) is 7.38. The van der Waals surface area contributed by atoms with Crippen molar-refractivity contribution in [2.75, 3.05) is 18.0 Å². The van der Waals surface area contributed by atoms with Crippen LogP contribution in [0.2, 0.25) is 0 Å². The molecule has 27 heavy (non-hydrogen) atoms. The molecule has 1 amide bonds. The summed E-state index contributed by atoms with van der Waals surface area (Å²) in [7, 11) is 0. The molecule has 0 atom stereocenters. The van der Waals surface area contributed by atoms with Crippen molar-refractivity contribution in [1.29, 1.82) is 0 Å². The zero-order valence-electron chi connectivity index (χ0n) is 15.3. The first-order valence-electron chi connectivity index (χ1n) is 9.56. The van der Waals surface area contributed by atoms with Crippen molar-refractivity contribution < 1.29 is 4.79 Å². The summed E-state index contributed by atoms with van der Waals surface area (Å²) >= 11 is 0. The van der Waals surface area contributed by atoms with Gasteiger partial charge in [-0.25, -0.2) is 0 Å². The first-order chi connectivity index (χ1) is 13.3. The molecule has 0 spiro atoms. The number of amides is 1. The molecular weight excluding hydrogens is 332 g/mol. The Balaban J connectivity index is 1.43. The molecule has 134 valence electrons. The topological polar surface area (TPSA) is 23.6 Å². The summed E-state index contributed by atoms with van der Waals surface area (Å²) in [4.78, 5) is 17.3. The van der Waals surface area contributed by atoms with Gasteiger partial charge in [-0.3, -0.25) is 9.69 Å². The molecule has 3 aromatic rings. The van der Waals surface area contributed by atoms with Gasteiger partial charge in [-0.15, -0.1) is 0 Å². The molecule has 0 aromatic heterocycles. The van der Waals surface area contributed by atoms with Crippen LogP contribution in [0.4, 0.5) is 5.69 Å². The lowest BCUT2D eigenvalue weighted by Gasteiger charge is -2.24. The second kappa shape index (κ2) is 6.67. The van der Waals surface area contributed by atoms with E-state index in [1.54, 1.807) is 0 Å². The van der Waals surface area contributed by atoms with Crippen molar-refractivity contribution in [3.63, 3.8) is 0 Å². The number of hydrogen-bond acceptors (Lipinski definition) is 2. The van der Waals surface area contributed by atoms with Gasteiger partial charge in [-0.05, 0) is 40.3 Å². The Kier molecular flexibility index (Phi) is 4.02. The first-order valence-corrected chi connectivity index (χ1v) is 9.56. The second-order valence-corrected chi connectivity index (χ2v) is 7.38. The van der Waals surface area contributed by atoms with Gasteiger partial charge in [0.15, 0.2) is 0 Å². The van der Waals surface area contributed by atoms with Crippen LogP contribution < -0.4 is 4.90 Å². The number of anilines is 1. The van der Waals surface area contributed by atoms with E-state index in [0.717, 1.165) is 31.7 Å². The summed E-state index contributed by atoms with van der Waals surface area (Å²) in [5, 5.41) is 0. The van der Waals surface area contributed by atoms with Crippen molar-refractivity contribution >= 4 is 11.6 Å². The van der Waals surface area contributed by atoms with Gasteiger partial charge in [0.05, 0.1) is 6.54 Å². The Morgan fingerprint density at radius 1 is 0.741 bits per heavy atom. The molecule has 3 nitrogen and oxygen atoms in total. The zero-order valence-corrected chi connectivity index (χ0v) is 15.3. The van der Waals surface area contributed by atoms with Crippen LogP contribution in [0.3, 0.4) is 0 Å². The van der Waals surface area contributed by atoms with E-state index in [0.29, 0.717) is 6.54 Å². The fraction of sp³-hybridized carbons (Fsp3) is 0.208. The highest BCUT2D eigenvalue weighted by Gasteiger charge is 2.27. The quantitative estimate of drug-likeness (QED) is 0.687. The summed E-state index contributed by atoms with van der Waals surface area (Å²) in [6.45, 7) is 2.83. The maximum absolute atomic E-state index is 13.1. The fourth-order valence-corrected chi connectivity index (χ4v) is 4.37. The minimum atomic E-state index is 0.191. The van der Waals surface area contributed by atoms with E-state index in [1.165, 1.54) is 27.8 Å². The standard InChI is InChI=1S/C24H22N2O/c27-24(26-14-13-18-7-3-6-12-23(18)26)17-25-15-19-8-1-4-10-21(19)22-11-5-2-9-20(22)16-25/h1-12H,13-17H2. The van der Waals surface area contributed by atoms with E-state index in [2.05, 4.69) is 71.6 Å². The molecule has 0 saturated heterocycles. The van der Waals surface area contributed by atoms with Crippen molar-refractivity contribution in [2.45, 2.75) is 19.5 Å². The van der Waals surface area contributed by atoms with E-state index in [9.17, 15) is 4.79 Å². The van der Waals surface area contributed by atoms with Gasteiger partial charge in [0.1, 0.15) is 0 Å². The predicted octanol–water partition coefficient (Wildman–Crippen LogP) is 4.26. The van der Waals surface area contributed by atoms with E-state index in [4.69, 9.17) is 0 Å². The zero-order chi connectivity index (χ0) is 18.2. The molecule has 0 N–H and O–H groups in total. The lowest BCUT2D eigenvalue weighted by Crippen LogP contribution is -2.39. The summed E-state index contributed by atoms with van der Waals surface area (Å²) in [6.07, 6.45) is 0.952. The van der Waals surface area contributed by atoms with Gasteiger partial charge in [0.2, 0.25) is 5.91 Å². The van der Waals surface area contributed by atoms with Gasteiger partial charge < -0.3 is 4.90 Å². The highest BCUT2D eigenvalue weighted by atomic mass is 16.2.